The third-order valence-corrected chi connectivity index (χ3v) is 6.10. The number of Topliss-reactive ketones (excluding diaryl/α,β-unsaturated/α-hetero) is 1. The summed E-state index contributed by atoms with van der Waals surface area (Å²) in [5, 5.41) is 3.18. The number of hydrogen-bond donors (Lipinski definition) is 1. The summed E-state index contributed by atoms with van der Waals surface area (Å²) in [6, 6.07) is 14.6. The van der Waals surface area contributed by atoms with Crippen molar-refractivity contribution in [1.82, 2.24) is 4.57 Å². The van der Waals surface area contributed by atoms with Crippen molar-refractivity contribution in [3.63, 3.8) is 0 Å². The number of benzene rings is 2. The van der Waals surface area contributed by atoms with Gasteiger partial charge < -0.3 is 14.6 Å². The van der Waals surface area contributed by atoms with Gasteiger partial charge in [-0.05, 0) is 35.6 Å². The van der Waals surface area contributed by atoms with Crippen LogP contribution in [0, 0.1) is 5.92 Å². The molecule has 1 N–H and O–H groups in total. The first-order chi connectivity index (χ1) is 16.7. The Bertz CT molecular complexity index is 1270. The van der Waals surface area contributed by atoms with Crippen molar-refractivity contribution in [3.8, 4) is 17.0 Å². The fraction of sp³-hybridized carbons (Fsp3) is 0.250. The number of methoxy groups -OCH3 is 1. The quantitative estimate of drug-likeness (QED) is 0.374. The van der Waals surface area contributed by atoms with E-state index in [4.69, 9.17) is 4.74 Å². The number of aryl methyl sites for hydroxylation is 1. The topological polar surface area (TPSA) is 43.3 Å². The van der Waals surface area contributed by atoms with E-state index < -0.39 is 23.6 Å². The summed E-state index contributed by atoms with van der Waals surface area (Å²) in [6.07, 6.45) is 2.70. The summed E-state index contributed by atoms with van der Waals surface area (Å²) in [6.45, 7) is 2.04. The van der Waals surface area contributed by atoms with Crippen molar-refractivity contribution in [1.29, 1.82) is 0 Å². The van der Waals surface area contributed by atoms with Gasteiger partial charge in [0.2, 0.25) is 0 Å². The lowest BCUT2D eigenvalue weighted by Crippen LogP contribution is -2.33. The number of aromatic nitrogens is 1. The molecule has 0 spiro atoms. The van der Waals surface area contributed by atoms with Gasteiger partial charge in [0.1, 0.15) is 11.8 Å². The number of nitrogens with zero attached hydrogens (tertiary/aromatic N) is 1. The van der Waals surface area contributed by atoms with E-state index in [2.05, 4.69) is 5.32 Å². The third kappa shape index (κ3) is 5.19. The minimum absolute atomic E-state index is 0.231. The van der Waals surface area contributed by atoms with Crippen LogP contribution in [0.2, 0.25) is 0 Å². The van der Waals surface area contributed by atoms with Gasteiger partial charge in [-0.25, -0.2) is 0 Å². The fourth-order valence-corrected chi connectivity index (χ4v) is 4.32. The predicted molar refractivity (Wildman–Crippen MR) is 132 cm³/mol. The molecule has 35 heavy (non-hydrogen) atoms. The zero-order valence-corrected chi connectivity index (χ0v) is 19.8. The molecular weight excluding hydrogens is 453 g/mol. The van der Waals surface area contributed by atoms with Crippen LogP contribution in [0.1, 0.15) is 29.3 Å². The minimum Gasteiger partial charge on any atom is -0.497 e. The Kier molecular flexibility index (Phi) is 6.87. The van der Waals surface area contributed by atoms with Gasteiger partial charge in [0.05, 0.1) is 23.9 Å². The number of carbonyl (C=O) groups is 1. The zero-order valence-electron chi connectivity index (χ0n) is 19.8. The molecule has 1 aliphatic rings. The normalized spacial score (nSPS) is 16.5. The average Bonchev–Trinajstić information content (AvgIpc) is 3.21. The van der Waals surface area contributed by atoms with Crippen LogP contribution < -0.4 is 10.1 Å². The Hall–Kier alpha value is -3.74. The number of ketones is 1. The molecule has 1 aliphatic carbocycles. The Morgan fingerprint density at radius 1 is 1.14 bits per heavy atom. The van der Waals surface area contributed by atoms with Crippen molar-refractivity contribution < 1.29 is 22.7 Å². The molecule has 4 rings (SSSR count). The number of halogens is 3. The van der Waals surface area contributed by atoms with Crippen LogP contribution in [0.5, 0.6) is 5.75 Å². The summed E-state index contributed by atoms with van der Waals surface area (Å²) < 4.78 is 49.2. The molecule has 1 aromatic heterocycles. The van der Waals surface area contributed by atoms with E-state index >= 15 is 0 Å². The number of rotatable bonds is 7. The van der Waals surface area contributed by atoms with Gasteiger partial charge in [-0.1, -0.05) is 61.5 Å². The van der Waals surface area contributed by atoms with E-state index in [0.717, 1.165) is 6.20 Å². The highest BCUT2D eigenvalue weighted by Gasteiger charge is 2.41. The number of nitrogens with one attached hydrogen (secondary N) is 1. The molecule has 0 bridgehead atoms. The maximum atomic E-state index is 14.2. The Morgan fingerprint density at radius 2 is 1.89 bits per heavy atom. The van der Waals surface area contributed by atoms with Crippen molar-refractivity contribution in [2.45, 2.75) is 25.6 Å². The van der Waals surface area contributed by atoms with E-state index in [1.165, 1.54) is 18.7 Å². The highest BCUT2D eigenvalue weighted by Crippen LogP contribution is 2.40. The molecule has 2 atom stereocenters. The minimum atomic E-state index is -4.69. The first-order valence-electron chi connectivity index (χ1n) is 11.3. The fourth-order valence-electron chi connectivity index (χ4n) is 4.32. The van der Waals surface area contributed by atoms with Gasteiger partial charge in [0, 0.05) is 25.0 Å². The lowest BCUT2D eigenvalue weighted by atomic mass is 9.88. The second kappa shape index (κ2) is 9.86. The monoisotopic (exact) mass is 480 g/mol. The summed E-state index contributed by atoms with van der Waals surface area (Å²) >= 11 is 0. The van der Waals surface area contributed by atoms with Crippen LogP contribution in [0.4, 0.5) is 18.9 Å². The molecule has 0 amide bonds. The van der Waals surface area contributed by atoms with Crippen molar-refractivity contribution in [3.05, 3.63) is 95.7 Å². The lowest BCUT2D eigenvalue weighted by Gasteiger charge is -2.24. The highest BCUT2D eigenvalue weighted by atomic mass is 19.4. The zero-order chi connectivity index (χ0) is 25.2. The molecule has 2 unspecified atom stereocenters. The third-order valence-electron chi connectivity index (χ3n) is 6.10. The molecular formula is C28H27F3N2O2. The average molecular weight is 481 g/mol. The molecule has 0 fully saturated rings. The summed E-state index contributed by atoms with van der Waals surface area (Å²) in [5.74, 6) is 0.211. The van der Waals surface area contributed by atoms with E-state index in [9.17, 15) is 18.0 Å². The molecule has 1 heterocycles. The van der Waals surface area contributed by atoms with Crippen LogP contribution in [-0.4, -0.2) is 23.5 Å². The van der Waals surface area contributed by atoms with Crippen molar-refractivity contribution in [2.24, 2.45) is 13.0 Å². The standard InChI is InChI=1S/C28H27F3N2O2/c1-18-12-14-19(15-13-18)25(32-21-10-7-11-22(16-21)35-3)27(34)24-23(28(29,30)31)17-33(2)26(24)20-8-5-4-6-9-20/h4-12,14-18,25,32H,13H2,1-3H3. The number of anilines is 1. The number of allylic oxidation sites excluding steroid dienone is 2. The van der Waals surface area contributed by atoms with Gasteiger partial charge in [0.25, 0.3) is 0 Å². The smallest absolute Gasteiger partial charge is 0.418 e. The van der Waals surface area contributed by atoms with Crippen LogP contribution in [-0.2, 0) is 13.2 Å². The molecule has 0 saturated carbocycles. The van der Waals surface area contributed by atoms with Gasteiger partial charge in [-0.15, -0.1) is 0 Å². The van der Waals surface area contributed by atoms with Gasteiger partial charge in [0.15, 0.2) is 5.78 Å². The molecule has 0 radical (unpaired) electrons. The van der Waals surface area contributed by atoms with Gasteiger partial charge >= 0.3 is 6.18 Å². The second-order valence-electron chi connectivity index (χ2n) is 8.69. The molecule has 3 aromatic rings. The van der Waals surface area contributed by atoms with Crippen molar-refractivity contribution >= 4 is 11.5 Å². The molecule has 0 aliphatic heterocycles. The van der Waals surface area contributed by atoms with E-state index in [1.807, 2.05) is 25.2 Å². The lowest BCUT2D eigenvalue weighted by molar-refractivity contribution is -0.137. The number of alkyl halides is 3. The van der Waals surface area contributed by atoms with E-state index in [0.29, 0.717) is 29.0 Å². The van der Waals surface area contributed by atoms with Crippen LogP contribution in [0.3, 0.4) is 0 Å². The largest absolute Gasteiger partial charge is 0.497 e. The molecule has 2 aromatic carbocycles. The molecule has 182 valence electrons. The number of ether oxygens (including phenoxy) is 1. The van der Waals surface area contributed by atoms with E-state index in [-0.39, 0.29) is 17.2 Å². The SMILES string of the molecule is COc1cccc(NC(C(=O)c2c(C(F)(F)F)cn(C)c2-c2ccccc2)C2=CCC(C)C=C2)c1. The Labute approximate surface area is 202 Å². The van der Waals surface area contributed by atoms with Crippen molar-refractivity contribution in [2.75, 3.05) is 12.4 Å². The first-order valence-corrected chi connectivity index (χ1v) is 11.3. The number of carbonyl (C=O) groups excluding carboxylic acids is 1. The van der Waals surface area contributed by atoms with Crippen LogP contribution >= 0.6 is 0 Å². The van der Waals surface area contributed by atoms with Gasteiger partial charge in [-0.3, -0.25) is 4.79 Å². The Morgan fingerprint density at radius 3 is 2.51 bits per heavy atom. The number of hydrogen-bond acceptors (Lipinski definition) is 3. The summed E-state index contributed by atoms with van der Waals surface area (Å²) in [7, 11) is 3.06. The summed E-state index contributed by atoms with van der Waals surface area (Å²) in [4.78, 5) is 14.1. The predicted octanol–water partition coefficient (Wildman–Crippen LogP) is 6.91. The van der Waals surface area contributed by atoms with E-state index in [1.54, 1.807) is 54.6 Å². The maximum Gasteiger partial charge on any atom is 0.418 e. The second-order valence-corrected chi connectivity index (χ2v) is 8.69. The first kappa shape index (κ1) is 24.4. The molecule has 7 heteroatoms. The maximum absolute atomic E-state index is 14.2. The van der Waals surface area contributed by atoms with Gasteiger partial charge in [-0.2, -0.15) is 13.2 Å². The highest BCUT2D eigenvalue weighted by molar-refractivity contribution is 6.09. The summed E-state index contributed by atoms with van der Waals surface area (Å²) in [5.41, 5.74) is 0.674. The molecule has 4 nitrogen and oxygen atoms in total. The van der Waals surface area contributed by atoms with Crippen LogP contribution in [0.15, 0.2) is 84.6 Å². The molecule has 0 saturated heterocycles. The Balaban J connectivity index is 1.87. The van der Waals surface area contributed by atoms with Crippen LogP contribution in [0.25, 0.3) is 11.3 Å².